The highest BCUT2D eigenvalue weighted by atomic mass is 127. The van der Waals surface area contributed by atoms with Crippen LogP contribution in [-0.2, 0) is 10.9 Å². The maximum atomic E-state index is 2.44. The maximum Gasteiger partial charge on any atom is 0.115 e. The molecule has 0 aliphatic carbocycles. The zero-order valence-electron chi connectivity index (χ0n) is 7.61. The second-order valence-electron chi connectivity index (χ2n) is 3.25. The van der Waals surface area contributed by atoms with Crippen molar-refractivity contribution in [3.8, 4) is 0 Å². The minimum atomic E-state index is 0. The molecule has 0 aromatic heterocycles. The Balaban J connectivity index is 0.000001000. The number of unbranched alkanes of at least 4 members (excludes halogenated alkanes) is 1. The van der Waals surface area contributed by atoms with Crippen LogP contribution in [0.4, 0.5) is 0 Å². The summed E-state index contributed by atoms with van der Waals surface area (Å²) in [6.45, 7) is 4.73. The van der Waals surface area contributed by atoms with Crippen molar-refractivity contribution in [2.75, 3.05) is 11.5 Å². The molecule has 0 nitrogen and oxygen atoms in total. The van der Waals surface area contributed by atoms with Gasteiger partial charge in [-0.25, -0.2) is 0 Å². The van der Waals surface area contributed by atoms with Crippen LogP contribution in [0.25, 0.3) is 0 Å². The lowest BCUT2D eigenvalue weighted by atomic mass is 10.3. The molecule has 0 saturated carbocycles. The first-order valence-corrected chi connectivity index (χ1v) is 6.13. The summed E-state index contributed by atoms with van der Waals surface area (Å²) in [5.41, 5.74) is 0. The third-order valence-electron chi connectivity index (χ3n) is 2.35. The van der Waals surface area contributed by atoms with E-state index in [9.17, 15) is 0 Å². The van der Waals surface area contributed by atoms with Gasteiger partial charge in [0.2, 0.25) is 0 Å². The van der Waals surface area contributed by atoms with Gasteiger partial charge in [0.1, 0.15) is 16.8 Å². The lowest BCUT2D eigenvalue weighted by Crippen LogP contribution is -3.00. The van der Waals surface area contributed by atoms with Crippen molar-refractivity contribution >= 4 is 10.9 Å². The Morgan fingerprint density at radius 1 is 1.45 bits per heavy atom. The van der Waals surface area contributed by atoms with Crippen molar-refractivity contribution in [1.29, 1.82) is 0 Å². The molecule has 0 N–H and O–H groups in total. The molecule has 0 bridgehead atoms. The van der Waals surface area contributed by atoms with Crippen LogP contribution < -0.4 is 24.0 Å². The topological polar surface area (TPSA) is 0 Å². The van der Waals surface area contributed by atoms with E-state index in [1.54, 1.807) is 5.75 Å². The average Bonchev–Trinajstić information content (AvgIpc) is 2.31. The summed E-state index contributed by atoms with van der Waals surface area (Å²) in [6, 6.07) is 0. The van der Waals surface area contributed by atoms with Crippen LogP contribution in [0.15, 0.2) is 0 Å². The van der Waals surface area contributed by atoms with Crippen LogP contribution in [0.3, 0.4) is 0 Å². The van der Waals surface area contributed by atoms with E-state index >= 15 is 0 Å². The predicted molar refractivity (Wildman–Crippen MR) is 50.7 cm³/mol. The zero-order chi connectivity index (χ0) is 7.40. The second-order valence-corrected chi connectivity index (χ2v) is 5.95. The monoisotopic (exact) mass is 286 g/mol. The van der Waals surface area contributed by atoms with Gasteiger partial charge in [0.25, 0.3) is 0 Å². The highest BCUT2D eigenvalue weighted by Crippen LogP contribution is 2.22. The third kappa shape index (κ3) is 4.02. The van der Waals surface area contributed by atoms with Gasteiger partial charge in [-0.3, -0.25) is 0 Å². The largest absolute Gasteiger partial charge is 1.00 e. The molecular formula is C9H19IS. The van der Waals surface area contributed by atoms with Gasteiger partial charge < -0.3 is 24.0 Å². The molecule has 1 saturated heterocycles. The predicted octanol–water partition coefficient (Wildman–Crippen LogP) is -0.409. The Kier molecular flexibility index (Phi) is 7.23. The molecule has 2 atom stereocenters. The third-order valence-corrected chi connectivity index (χ3v) is 5.35. The van der Waals surface area contributed by atoms with Gasteiger partial charge in [0.05, 0.1) is 0 Å². The van der Waals surface area contributed by atoms with E-state index in [2.05, 4.69) is 13.8 Å². The quantitative estimate of drug-likeness (QED) is 0.489. The van der Waals surface area contributed by atoms with Crippen LogP contribution in [0.2, 0.25) is 0 Å². The molecule has 0 aromatic carbocycles. The minimum absolute atomic E-state index is 0. The fraction of sp³-hybridized carbons (Fsp3) is 1.00. The number of hydrogen-bond donors (Lipinski definition) is 0. The fourth-order valence-electron chi connectivity index (χ4n) is 1.56. The Labute approximate surface area is 90.9 Å². The minimum Gasteiger partial charge on any atom is -1.00 e. The van der Waals surface area contributed by atoms with Gasteiger partial charge in [-0.1, -0.05) is 13.3 Å². The van der Waals surface area contributed by atoms with Gasteiger partial charge in [0.15, 0.2) is 0 Å². The highest BCUT2D eigenvalue weighted by Gasteiger charge is 2.31. The molecule has 0 amide bonds. The first kappa shape index (κ1) is 12.1. The molecule has 0 radical (unpaired) electrons. The van der Waals surface area contributed by atoms with E-state index in [0.717, 1.165) is 16.1 Å². The highest BCUT2D eigenvalue weighted by molar-refractivity contribution is 7.97. The molecule has 1 fully saturated rings. The van der Waals surface area contributed by atoms with Crippen molar-refractivity contribution in [3.05, 3.63) is 0 Å². The van der Waals surface area contributed by atoms with Crippen LogP contribution >= 0.6 is 0 Å². The summed E-state index contributed by atoms with van der Waals surface area (Å²) in [5, 5.41) is 1.06. The molecular weight excluding hydrogens is 267 g/mol. The Hall–Kier alpha value is 1.08. The van der Waals surface area contributed by atoms with E-state index in [1.807, 2.05) is 0 Å². The van der Waals surface area contributed by atoms with E-state index in [4.69, 9.17) is 0 Å². The summed E-state index contributed by atoms with van der Waals surface area (Å²) < 4.78 is 0. The first-order valence-electron chi connectivity index (χ1n) is 4.51. The van der Waals surface area contributed by atoms with Crippen LogP contribution in [0.5, 0.6) is 0 Å². The standard InChI is InChI=1S/C9H19S.HI/c1-3-4-7-10-8-5-6-9(10)2;/h9H,3-8H2,1-2H3;1H/q+1;/p-1. The first-order chi connectivity index (χ1) is 4.84. The van der Waals surface area contributed by atoms with E-state index in [0.29, 0.717) is 0 Å². The van der Waals surface area contributed by atoms with Crippen molar-refractivity contribution in [1.82, 2.24) is 0 Å². The molecule has 68 valence electrons. The van der Waals surface area contributed by atoms with Crippen molar-refractivity contribution in [3.63, 3.8) is 0 Å². The Bertz CT molecular complexity index is 95.6. The van der Waals surface area contributed by atoms with Gasteiger partial charge in [-0.05, 0) is 37.1 Å². The second kappa shape index (κ2) is 6.58. The molecule has 2 unspecified atom stereocenters. The fourth-order valence-corrected chi connectivity index (χ4v) is 4.26. The number of rotatable bonds is 3. The molecule has 1 heterocycles. The van der Waals surface area contributed by atoms with Crippen molar-refractivity contribution in [2.24, 2.45) is 0 Å². The van der Waals surface area contributed by atoms with Gasteiger partial charge in [-0.2, -0.15) is 0 Å². The normalized spacial score (nSPS) is 30.0. The molecule has 1 rings (SSSR count). The van der Waals surface area contributed by atoms with Gasteiger partial charge in [0, 0.05) is 0 Å². The number of halogens is 1. The summed E-state index contributed by atoms with van der Waals surface area (Å²) in [5.74, 6) is 3.07. The van der Waals surface area contributed by atoms with Gasteiger partial charge >= 0.3 is 0 Å². The van der Waals surface area contributed by atoms with E-state index in [-0.39, 0.29) is 24.0 Å². The molecule has 1 aliphatic rings. The Morgan fingerprint density at radius 2 is 2.18 bits per heavy atom. The lowest BCUT2D eigenvalue weighted by Gasteiger charge is -2.04. The van der Waals surface area contributed by atoms with Gasteiger partial charge in [-0.15, -0.1) is 0 Å². The maximum absolute atomic E-state index is 2.44. The molecule has 11 heavy (non-hydrogen) atoms. The summed E-state index contributed by atoms with van der Waals surface area (Å²) >= 11 is 0. The smallest absolute Gasteiger partial charge is 0.115 e. The van der Waals surface area contributed by atoms with Crippen molar-refractivity contribution in [2.45, 2.75) is 44.8 Å². The van der Waals surface area contributed by atoms with E-state index in [1.165, 1.54) is 31.4 Å². The van der Waals surface area contributed by atoms with Crippen LogP contribution in [-0.4, -0.2) is 16.8 Å². The summed E-state index contributed by atoms with van der Waals surface area (Å²) in [4.78, 5) is 0. The number of hydrogen-bond acceptors (Lipinski definition) is 0. The van der Waals surface area contributed by atoms with E-state index < -0.39 is 0 Å². The Morgan fingerprint density at radius 3 is 2.64 bits per heavy atom. The van der Waals surface area contributed by atoms with Crippen LogP contribution in [0, 0.1) is 0 Å². The molecule has 0 spiro atoms. The SMILES string of the molecule is CCCC[S+]1CCCC1C.[I-]. The molecule has 2 heteroatoms. The summed E-state index contributed by atoms with van der Waals surface area (Å²) in [7, 11) is 0.828. The van der Waals surface area contributed by atoms with Crippen molar-refractivity contribution < 1.29 is 24.0 Å². The average molecular weight is 286 g/mol. The summed E-state index contributed by atoms with van der Waals surface area (Å²) in [6.07, 6.45) is 5.87. The molecule has 1 aliphatic heterocycles. The molecule has 0 aromatic rings. The van der Waals surface area contributed by atoms with Crippen LogP contribution in [0.1, 0.15) is 39.5 Å². The zero-order valence-corrected chi connectivity index (χ0v) is 10.6. The lowest BCUT2D eigenvalue weighted by molar-refractivity contribution is -0.00000225.